The van der Waals surface area contributed by atoms with Crippen molar-refractivity contribution in [1.29, 1.82) is 0 Å². The van der Waals surface area contributed by atoms with Gasteiger partial charge in [0.1, 0.15) is 10.7 Å². The highest BCUT2D eigenvalue weighted by Gasteiger charge is 2.15. The van der Waals surface area contributed by atoms with Crippen molar-refractivity contribution < 1.29 is 0 Å². The lowest BCUT2D eigenvalue weighted by atomic mass is 10.1. The molecule has 0 atom stereocenters. The number of nitrogens with zero attached hydrogens (tertiary/aromatic N) is 5. The third kappa shape index (κ3) is 3.36. The molecule has 0 saturated carbocycles. The van der Waals surface area contributed by atoms with Crippen LogP contribution in [-0.4, -0.2) is 30.0 Å². The Bertz CT molecular complexity index is 1010. The van der Waals surface area contributed by atoms with Crippen LogP contribution >= 0.6 is 11.3 Å². The van der Waals surface area contributed by atoms with E-state index >= 15 is 0 Å². The van der Waals surface area contributed by atoms with Gasteiger partial charge in [-0.25, -0.2) is 0 Å². The van der Waals surface area contributed by atoms with E-state index in [2.05, 4.69) is 51.5 Å². The summed E-state index contributed by atoms with van der Waals surface area (Å²) in [6, 6.07) is 12.2. The van der Waals surface area contributed by atoms with Crippen molar-refractivity contribution in [2.75, 3.05) is 0 Å². The summed E-state index contributed by atoms with van der Waals surface area (Å²) in [5.41, 5.74) is 3.01. The van der Waals surface area contributed by atoms with Gasteiger partial charge in [-0.1, -0.05) is 61.6 Å². The maximum atomic E-state index is 4.60. The highest BCUT2D eigenvalue weighted by molar-refractivity contribution is 7.17. The van der Waals surface area contributed by atoms with Crippen LogP contribution in [0.5, 0.6) is 0 Å². The van der Waals surface area contributed by atoms with Gasteiger partial charge in [-0.2, -0.15) is 14.7 Å². The number of H-pyrrole nitrogens is 1. The molecule has 0 aliphatic carbocycles. The summed E-state index contributed by atoms with van der Waals surface area (Å²) in [4.78, 5) is 0.760. The SMILES string of the molecule is CC(C)Cc1cc(-c2nnc3sc(/C=C/c4ccccc4)nn23)n[nH]1. The van der Waals surface area contributed by atoms with E-state index in [9.17, 15) is 0 Å². The second kappa shape index (κ2) is 6.60. The summed E-state index contributed by atoms with van der Waals surface area (Å²) in [7, 11) is 0. The van der Waals surface area contributed by atoms with E-state index in [1.165, 1.54) is 11.3 Å². The molecule has 0 spiro atoms. The van der Waals surface area contributed by atoms with Gasteiger partial charge in [-0.3, -0.25) is 5.10 Å². The lowest BCUT2D eigenvalue weighted by Gasteiger charge is -1.98. The minimum Gasteiger partial charge on any atom is -0.282 e. The zero-order chi connectivity index (χ0) is 17.2. The zero-order valence-electron chi connectivity index (χ0n) is 14.0. The number of benzene rings is 1. The monoisotopic (exact) mass is 350 g/mol. The molecule has 0 radical (unpaired) electrons. The summed E-state index contributed by atoms with van der Waals surface area (Å²) in [5, 5.41) is 21.4. The Kier molecular flexibility index (Phi) is 4.15. The quantitative estimate of drug-likeness (QED) is 0.592. The number of nitrogens with one attached hydrogen (secondary N) is 1. The summed E-state index contributed by atoms with van der Waals surface area (Å²) < 4.78 is 1.75. The van der Waals surface area contributed by atoms with Gasteiger partial charge in [0.15, 0.2) is 0 Å². The van der Waals surface area contributed by atoms with Crippen molar-refractivity contribution >= 4 is 28.4 Å². The molecule has 0 aliphatic rings. The van der Waals surface area contributed by atoms with E-state index in [-0.39, 0.29) is 0 Å². The summed E-state index contributed by atoms with van der Waals surface area (Å²) in [6.07, 6.45) is 4.99. The van der Waals surface area contributed by atoms with E-state index in [0.717, 1.165) is 33.3 Å². The molecule has 6 nitrogen and oxygen atoms in total. The number of hydrogen-bond acceptors (Lipinski definition) is 5. The second-order valence-corrected chi connectivity index (χ2v) is 7.27. The number of rotatable bonds is 5. The van der Waals surface area contributed by atoms with Crippen LogP contribution in [0.15, 0.2) is 36.4 Å². The smallest absolute Gasteiger partial charge is 0.235 e. The fourth-order valence-corrected chi connectivity index (χ4v) is 3.35. The van der Waals surface area contributed by atoms with E-state index in [1.54, 1.807) is 4.52 Å². The molecule has 0 aliphatic heterocycles. The molecule has 0 saturated heterocycles. The van der Waals surface area contributed by atoms with Gasteiger partial charge < -0.3 is 0 Å². The highest BCUT2D eigenvalue weighted by atomic mass is 32.1. The lowest BCUT2D eigenvalue weighted by molar-refractivity contribution is 0.633. The van der Waals surface area contributed by atoms with Crippen LogP contribution < -0.4 is 0 Å². The number of aromatic nitrogens is 6. The second-order valence-electron chi connectivity index (χ2n) is 6.28. The minimum absolute atomic E-state index is 0.570. The van der Waals surface area contributed by atoms with Crippen LogP contribution in [0.2, 0.25) is 0 Å². The molecule has 4 aromatic rings. The van der Waals surface area contributed by atoms with Crippen LogP contribution in [0.3, 0.4) is 0 Å². The largest absolute Gasteiger partial charge is 0.282 e. The van der Waals surface area contributed by atoms with Gasteiger partial charge in [0.25, 0.3) is 0 Å². The van der Waals surface area contributed by atoms with Gasteiger partial charge in [0, 0.05) is 5.69 Å². The fraction of sp³-hybridized carbons (Fsp3) is 0.222. The van der Waals surface area contributed by atoms with E-state index in [0.29, 0.717) is 11.7 Å². The van der Waals surface area contributed by atoms with Crippen molar-refractivity contribution in [1.82, 2.24) is 30.0 Å². The maximum Gasteiger partial charge on any atom is 0.235 e. The molecule has 1 N–H and O–H groups in total. The average molecular weight is 350 g/mol. The summed E-state index contributed by atoms with van der Waals surface area (Å²) in [6.45, 7) is 4.36. The molecular weight excluding hydrogens is 332 g/mol. The Labute approximate surface area is 149 Å². The molecule has 25 heavy (non-hydrogen) atoms. The normalized spacial score (nSPS) is 12.0. The molecule has 0 fully saturated rings. The van der Waals surface area contributed by atoms with Crippen LogP contribution in [0.4, 0.5) is 0 Å². The lowest BCUT2D eigenvalue weighted by Crippen LogP contribution is -1.93. The fourth-order valence-electron chi connectivity index (χ4n) is 2.61. The zero-order valence-corrected chi connectivity index (χ0v) is 14.9. The Morgan fingerprint density at radius 2 is 2.00 bits per heavy atom. The minimum atomic E-state index is 0.570. The number of fused-ring (bicyclic) bond motifs is 1. The number of hydrogen-bond donors (Lipinski definition) is 1. The maximum absolute atomic E-state index is 4.60. The van der Waals surface area contributed by atoms with E-state index in [4.69, 9.17) is 0 Å². The van der Waals surface area contributed by atoms with Gasteiger partial charge >= 0.3 is 0 Å². The van der Waals surface area contributed by atoms with E-state index in [1.807, 2.05) is 36.4 Å². The summed E-state index contributed by atoms with van der Waals surface area (Å²) >= 11 is 1.50. The van der Waals surface area contributed by atoms with Crippen molar-refractivity contribution in [3.8, 4) is 11.5 Å². The van der Waals surface area contributed by atoms with Gasteiger partial charge in [0.05, 0.1) is 0 Å². The van der Waals surface area contributed by atoms with Gasteiger partial charge in [0.2, 0.25) is 10.8 Å². The van der Waals surface area contributed by atoms with Crippen LogP contribution in [0.1, 0.15) is 30.1 Å². The average Bonchev–Trinajstić information content (AvgIpc) is 3.29. The molecule has 3 aromatic heterocycles. The van der Waals surface area contributed by atoms with E-state index < -0.39 is 0 Å². The van der Waals surface area contributed by atoms with Crippen molar-refractivity contribution in [3.05, 3.63) is 52.7 Å². The van der Waals surface area contributed by atoms with Gasteiger partial charge in [-0.05, 0) is 30.0 Å². The first kappa shape index (κ1) is 15.7. The molecule has 0 amide bonds. The highest BCUT2D eigenvalue weighted by Crippen LogP contribution is 2.22. The van der Waals surface area contributed by atoms with Gasteiger partial charge in [-0.15, -0.1) is 10.2 Å². The Balaban J connectivity index is 1.62. The molecule has 0 unspecified atom stereocenters. The Morgan fingerprint density at radius 1 is 1.16 bits per heavy atom. The molecule has 0 bridgehead atoms. The Morgan fingerprint density at radius 3 is 2.80 bits per heavy atom. The first-order valence-electron chi connectivity index (χ1n) is 8.19. The van der Waals surface area contributed by atoms with Crippen LogP contribution in [0, 0.1) is 5.92 Å². The first-order chi connectivity index (χ1) is 12.2. The van der Waals surface area contributed by atoms with Crippen molar-refractivity contribution in [2.45, 2.75) is 20.3 Å². The topological polar surface area (TPSA) is 71.8 Å². The number of aromatic amines is 1. The summed E-state index contributed by atoms with van der Waals surface area (Å²) in [5.74, 6) is 1.23. The standard InChI is InChI=1S/C18H18N6S/c1-12(2)10-14-11-15(20-19-14)17-21-22-18-24(17)23-16(25-18)9-8-13-6-4-3-5-7-13/h3-9,11-12H,10H2,1-2H3,(H,19,20)/b9-8+. The Hall–Kier alpha value is -2.80. The van der Waals surface area contributed by atoms with Crippen LogP contribution in [-0.2, 0) is 6.42 Å². The molecular formula is C18H18N6S. The predicted octanol–water partition coefficient (Wildman–Crippen LogP) is 3.94. The molecule has 7 heteroatoms. The molecule has 1 aromatic carbocycles. The third-order valence-electron chi connectivity index (χ3n) is 3.71. The van der Waals surface area contributed by atoms with Crippen molar-refractivity contribution in [2.24, 2.45) is 5.92 Å². The molecule has 4 rings (SSSR count). The first-order valence-corrected chi connectivity index (χ1v) is 9.01. The molecule has 3 heterocycles. The predicted molar refractivity (Wildman–Crippen MR) is 100 cm³/mol. The molecule has 126 valence electrons. The van der Waals surface area contributed by atoms with Crippen LogP contribution in [0.25, 0.3) is 28.6 Å². The third-order valence-corrected chi connectivity index (χ3v) is 4.58. The van der Waals surface area contributed by atoms with Crippen molar-refractivity contribution in [3.63, 3.8) is 0 Å².